The lowest BCUT2D eigenvalue weighted by molar-refractivity contribution is 0.104. The van der Waals surface area contributed by atoms with Gasteiger partial charge >= 0.3 is 6.03 Å². The Labute approximate surface area is 131 Å². The number of urea groups is 1. The van der Waals surface area contributed by atoms with E-state index < -0.39 is 6.10 Å². The number of aryl methyl sites for hydroxylation is 1. The number of carbonyl (C=O) groups excluding carboxylic acids is 1. The van der Waals surface area contributed by atoms with E-state index in [2.05, 4.69) is 15.6 Å². The first kappa shape index (κ1) is 16.4. The minimum absolute atomic E-state index is 0.222. The number of amides is 2. The van der Waals surface area contributed by atoms with Crippen molar-refractivity contribution in [2.75, 3.05) is 11.9 Å². The molecule has 1 aromatic heterocycles. The molecule has 5 nitrogen and oxygen atoms in total. The standard InChI is InChI=1S/C17H25N3O2/c1-4-12(5-2)16(21)10-18-17(22)20-14-6-7-15-13(9-14)8-11(3)19-15/h6-9,12,16,19,21H,4-5,10H2,1-3H3,(H2,18,20,22). The monoisotopic (exact) mass is 303 g/mol. The Morgan fingerprint density at radius 3 is 2.68 bits per heavy atom. The van der Waals surface area contributed by atoms with Crippen molar-refractivity contribution in [3.05, 3.63) is 30.0 Å². The average molecular weight is 303 g/mol. The van der Waals surface area contributed by atoms with E-state index in [0.29, 0.717) is 0 Å². The van der Waals surface area contributed by atoms with E-state index >= 15 is 0 Å². The van der Waals surface area contributed by atoms with E-state index in [9.17, 15) is 9.90 Å². The SMILES string of the molecule is CCC(CC)C(O)CNC(=O)Nc1ccc2[nH]c(C)cc2c1. The van der Waals surface area contributed by atoms with E-state index in [4.69, 9.17) is 0 Å². The number of fused-ring (bicyclic) bond motifs is 1. The second-order valence-corrected chi connectivity index (χ2v) is 5.73. The zero-order valence-electron chi connectivity index (χ0n) is 13.4. The maximum atomic E-state index is 11.9. The molecule has 0 saturated carbocycles. The van der Waals surface area contributed by atoms with Crippen LogP contribution in [0.4, 0.5) is 10.5 Å². The van der Waals surface area contributed by atoms with Gasteiger partial charge in [-0.25, -0.2) is 4.79 Å². The molecule has 0 radical (unpaired) electrons. The van der Waals surface area contributed by atoms with Crippen molar-refractivity contribution in [2.45, 2.75) is 39.7 Å². The number of aliphatic hydroxyl groups excluding tert-OH is 1. The average Bonchev–Trinajstić information content (AvgIpc) is 2.85. The van der Waals surface area contributed by atoms with Gasteiger partial charge in [-0.1, -0.05) is 26.7 Å². The molecule has 1 heterocycles. The fourth-order valence-electron chi connectivity index (χ4n) is 2.73. The maximum Gasteiger partial charge on any atom is 0.319 e. The second-order valence-electron chi connectivity index (χ2n) is 5.73. The molecule has 120 valence electrons. The molecule has 0 saturated heterocycles. The molecule has 2 rings (SSSR count). The van der Waals surface area contributed by atoms with Gasteiger partial charge in [-0.2, -0.15) is 0 Å². The highest BCUT2D eigenvalue weighted by Crippen LogP contribution is 2.19. The van der Waals surface area contributed by atoms with Gasteiger partial charge in [0.15, 0.2) is 0 Å². The van der Waals surface area contributed by atoms with Crippen LogP contribution < -0.4 is 10.6 Å². The normalized spacial score (nSPS) is 12.6. The Hall–Kier alpha value is -2.01. The zero-order valence-corrected chi connectivity index (χ0v) is 13.4. The van der Waals surface area contributed by atoms with Crippen LogP contribution in [0.15, 0.2) is 24.3 Å². The number of carbonyl (C=O) groups is 1. The number of anilines is 1. The van der Waals surface area contributed by atoms with Crippen LogP contribution in [-0.2, 0) is 0 Å². The molecule has 1 aromatic carbocycles. The summed E-state index contributed by atoms with van der Waals surface area (Å²) >= 11 is 0. The number of aromatic nitrogens is 1. The fourth-order valence-corrected chi connectivity index (χ4v) is 2.73. The predicted molar refractivity (Wildman–Crippen MR) is 90.1 cm³/mol. The number of aromatic amines is 1. The van der Waals surface area contributed by atoms with E-state index in [1.165, 1.54) is 0 Å². The van der Waals surface area contributed by atoms with Gasteiger partial charge in [-0.15, -0.1) is 0 Å². The smallest absolute Gasteiger partial charge is 0.319 e. The molecule has 1 atom stereocenters. The van der Waals surface area contributed by atoms with Gasteiger partial charge in [0.2, 0.25) is 0 Å². The third kappa shape index (κ3) is 4.01. The van der Waals surface area contributed by atoms with Crippen molar-refractivity contribution < 1.29 is 9.90 Å². The first-order valence-corrected chi connectivity index (χ1v) is 7.85. The summed E-state index contributed by atoms with van der Waals surface area (Å²) in [6.45, 7) is 6.36. The number of benzene rings is 1. The molecule has 0 bridgehead atoms. The molecule has 1 unspecified atom stereocenters. The topological polar surface area (TPSA) is 77.2 Å². The third-order valence-corrected chi connectivity index (χ3v) is 4.08. The Bertz CT molecular complexity index is 632. The van der Waals surface area contributed by atoms with Gasteiger partial charge in [0.05, 0.1) is 6.10 Å². The van der Waals surface area contributed by atoms with Gasteiger partial charge in [-0.3, -0.25) is 0 Å². The van der Waals surface area contributed by atoms with E-state index in [0.717, 1.165) is 35.1 Å². The van der Waals surface area contributed by atoms with Gasteiger partial charge in [0.25, 0.3) is 0 Å². The Kier molecular flexibility index (Phi) is 5.44. The second kappa shape index (κ2) is 7.31. The van der Waals surface area contributed by atoms with Crippen molar-refractivity contribution in [1.82, 2.24) is 10.3 Å². The van der Waals surface area contributed by atoms with Crippen molar-refractivity contribution in [3.8, 4) is 0 Å². The number of H-pyrrole nitrogens is 1. The summed E-state index contributed by atoms with van der Waals surface area (Å²) in [5, 5.41) is 16.6. The summed E-state index contributed by atoms with van der Waals surface area (Å²) in [7, 11) is 0. The van der Waals surface area contributed by atoms with Crippen molar-refractivity contribution in [3.63, 3.8) is 0 Å². The predicted octanol–water partition coefficient (Wildman–Crippen LogP) is 3.39. The first-order chi connectivity index (χ1) is 10.5. The highest BCUT2D eigenvalue weighted by molar-refractivity contribution is 5.92. The lowest BCUT2D eigenvalue weighted by Crippen LogP contribution is -2.38. The van der Waals surface area contributed by atoms with Crippen molar-refractivity contribution in [2.24, 2.45) is 5.92 Å². The van der Waals surface area contributed by atoms with Gasteiger partial charge in [-0.05, 0) is 37.1 Å². The number of nitrogens with one attached hydrogen (secondary N) is 3. The zero-order chi connectivity index (χ0) is 16.1. The molecule has 4 N–H and O–H groups in total. The van der Waals surface area contributed by atoms with Crippen molar-refractivity contribution in [1.29, 1.82) is 0 Å². The molecule has 0 aliphatic carbocycles. The summed E-state index contributed by atoms with van der Waals surface area (Å²) in [6.07, 6.45) is 1.31. The first-order valence-electron chi connectivity index (χ1n) is 7.85. The summed E-state index contributed by atoms with van der Waals surface area (Å²) in [5.41, 5.74) is 2.87. The molecule has 0 aliphatic heterocycles. The minimum Gasteiger partial charge on any atom is -0.391 e. The van der Waals surface area contributed by atoms with Gasteiger partial charge in [0.1, 0.15) is 0 Å². The Morgan fingerprint density at radius 1 is 1.27 bits per heavy atom. The molecule has 5 heteroatoms. The van der Waals surface area contributed by atoms with E-state index in [1.54, 1.807) is 0 Å². The lowest BCUT2D eigenvalue weighted by Gasteiger charge is -2.20. The molecule has 2 aromatic rings. The van der Waals surface area contributed by atoms with E-state index in [1.807, 2.05) is 45.0 Å². The summed E-state index contributed by atoms with van der Waals surface area (Å²) < 4.78 is 0. The highest BCUT2D eigenvalue weighted by atomic mass is 16.3. The summed E-state index contributed by atoms with van der Waals surface area (Å²) in [4.78, 5) is 15.2. The Morgan fingerprint density at radius 2 is 2.00 bits per heavy atom. The van der Waals surface area contributed by atoms with Crippen LogP contribution in [0.5, 0.6) is 0 Å². The molecule has 0 aliphatic rings. The van der Waals surface area contributed by atoms with E-state index in [-0.39, 0.29) is 18.5 Å². The summed E-state index contributed by atoms with van der Waals surface area (Å²) in [5.74, 6) is 0.222. The maximum absolute atomic E-state index is 11.9. The van der Waals surface area contributed by atoms with Crippen LogP contribution in [0.3, 0.4) is 0 Å². The quantitative estimate of drug-likeness (QED) is 0.660. The molecule has 0 spiro atoms. The van der Waals surface area contributed by atoms with Crippen LogP contribution >= 0.6 is 0 Å². The molecular formula is C17H25N3O2. The number of rotatable bonds is 6. The largest absolute Gasteiger partial charge is 0.391 e. The minimum atomic E-state index is -0.504. The number of hydrogen-bond donors (Lipinski definition) is 4. The molecule has 2 amide bonds. The van der Waals surface area contributed by atoms with Crippen molar-refractivity contribution >= 4 is 22.6 Å². The lowest BCUT2D eigenvalue weighted by atomic mass is 9.97. The number of aliphatic hydroxyl groups is 1. The highest BCUT2D eigenvalue weighted by Gasteiger charge is 2.16. The van der Waals surface area contributed by atoms with Crippen LogP contribution in [0.1, 0.15) is 32.4 Å². The molecule has 22 heavy (non-hydrogen) atoms. The van der Waals surface area contributed by atoms with Crippen LogP contribution in [0.2, 0.25) is 0 Å². The molecule has 0 fully saturated rings. The number of hydrogen-bond acceptors (Lipinski definition) is 2. The van der Waals surface area contributed by atoms with Crippen LogP contribution in [0.25, 0.3) is 10.9 Å². The van der Waals surface area contributed by atoms with Gasteiger partial charge < -0.3 is 20.7 Å². The van der Waals surface area contributed by atoms with Crippen LogP contribution in [-0.4, -0.2) is 28.8 Å². The summed E-state index contributed by atoms with van der Waals surface area (Å²) in [6, 6.07) is 7.47. The van der Waals surface area contributed by atoms with Gasteiger partial charge in [0, 0.05) is 28.8 Å². The molecular weight excluding hydrogens is 278 g/mol. The third-order valence-electron chi connectivity index (χ3n) is 4.08. The van der Waals surface area contributed by atoms with Crippen LogP contribution in [0, 0.1) is 12.8 Å². The Balaban J connectivity index is 1.90. The fraction of sp³-hybridized carbons (Fsp3) is 0.471.